The molecule has 0 radical (unpaired) electrons. The van der Waals surface area contributed by atoms with Crippen molar-refractivity contribution >= 4 is 22.0 Å². The van der Waals surface area contributed by atoms with E-state index in [4.69, 9.17) is 0 Å². The highest BCUT2D eigenvalue weighted by Crippen LogP contribution is 2.18. The van der Waals surface area contributed by atoms with E-state index in [1.165, 1.54) is 24.3 Å². The number of ether oxygens (including phenoxy) is 1. The van der Waals surface area contributed by atoms with Crippen LogP contribution < -0.4 is 4.72 Å². The molecular weight excluding hydrogens is 310 g/mol. The Kier molecular flexibility index (Phi) is 6.07. The summed E-state index contributed by atoms with van der Waals surface area (Å²) >= 11 is 0. The Balaban J connectivity index is 3.25. The van der Waals surface area contributed by atoms with Gasteiger partial charge in [-0.15, -0.1) is 0 Å². The number of benzene rings is 1. The maximum absolute atomic E-state index is 12.4. The summed E-state index contributed by atoms with van der Waals surface area (Å²) in [5, 5.41) is 9.19. The van der Waals surface area contributed by atoms with Crippen molar-refractivity contribution in [3.05, 3.63) is 29.8 Å². The second-order valence-electron chi connectivity index (χ2n) is 4.81. The lowest BCUT2D eigenvalue weighted by molar-refractivity contribution is -0.140. The molecule has 0 fully saturated rings. The highest BCUT2D eigenvalue weighted by molar-refractivity contribution is 7.89. The van der Waals surface area contributed by atoms with Crippen molar-refractivity contribution in [1.82, 2.24) is 4.72 Å². The SMILES string of the molecule is CC[C@H](C)[C@H](NS(=O)(=O)c1ccccc1C(=O)OC)C(=O)O. The lowest BCUT2D eigenvalue weighted by Gasteiger charge is -2.20. The van der Waals surface area contributed by atoms with Crippen LogP contribution in [-0.4, -0.2) is 38.6 Å². The zero-order valence-electron chi connectivity index (χ0n) is 12.6. The quantitative estimate of drug-likeness (QED) is 0.729. The third-order valence-corrected chi connectivity index (χ3v) is 4.84. The molecule has 0 saturated carbocycles. The fourth-order valence-corrected chi connectivity index (χ4v) is 3.35. The van der Waals surface area contributed by atoms with Gasteiger partial charge in [-0.05, 0) is 18.1 Å². The molecule has 22 heavy (non-hydrogen) atoms. The van der Waals surface area contributed by atoms with Crippen LogP contribution in [0.5, 0.6) is 0 Å². The molecule has 0 aliphatic rings. The molecule has 0 bridgehead atoms. The first-order valence-corrected chi connectivity index (χ1v) is 8.15. The number of carbonyl (C=O) groups excluding carboxylic acids is 1. The molecule has 1 aromatic carbocycles. The molecule has 122 valence electrons. The Bertz CT molecular complexity index is 655. The van der Waals surface area contributed by atoms with Crippen LogP contribution in [0.2, 0.25) is 0 Å². The molecule has 0 aliphatic carbocycles. The smallest absolute Gasteiger partial charge is 0.339 e. The number of hydrogen-bond acceptors (Lipinski definition) is 5. The van der Waals surface area contributed by atoms with Gasteiger partial charge >= 0.3 is 11.9 Å². The van der Waals surface area contributed by atoms with Gasteiger partial charge in [0.1, 0.15) is 6.04 Å². The Morgan fingerprint density at radius 2 is 1.91 bits per heavy atom. The second-order valence-corrected chi connectivity index (χ2v) is 6.49. The minimum atomic E-state index is -4.18. The molecule has 0 unspecified atom stereocenters. The Morgan fingerprint density at radius 1 is 1.32 bits per heavy atom. The average Bonchev–Trinajstić information content (AvgIpc) is 2.50. The van der Waals surface area contributed by atoms with E-state index in [0.717, 1.165) is 7.11 Å². The number of carboxylic acid groups (broad SMARTS) is 1. The molecular formula is C14H19NO6S. The maximum atomic E-state index is 12.4. The third kappa shape index (κ3) is 4.05. The van der Waals surface area contributed by atoms with Crippen molar-refractivity contribution in [3.8, 4) is 0 Å². The maximum Gasteiger partial charge on any atom is 0.339 e. The monoisotopic (exact) mass is 329 g/mol. The van der Waals surface area contributed by atoms with Gasteiger partial charge in [0.25, 0.3) is 0 Å². The summed E-state index contributed by atoms with van der Waals surface area (Å²) in [5.74, 6) is -2.48. The first kappa shape index (κ1) is 18.1. The van der Waals surface area contributed by atoms with E-state index in [1.807, 2.05) is 0 Å². The van der Waals surface area contributed by atoms with Crippen molar-refractivity contribution in [3.63, 3.8) is 0 Å². The van der Waals surface area contributed by atoms with Crippen LogP contribution in [0.15, 0.2) is 29.2 Å². The van der Waals surface area contributed by atoms with Crippen molar-refractivity contribution in [2.75, 3.05) is 7.11 Å². The summed E-state index contributed by atoms with van der Waals surface area (Å²) in [6, 6.07) is 4.19. The van der Waals surface area contributed by atoms with E-state index < -0.39 is 33.9 Å². The number of nitrogens with one attached hydrogen (secondary N) is 1. The molecule has 0 aromatic heterocycles. The minimum Gasteiger partial charge on any atom is -0.480 e. The minimum absolute atomic E-state index is 0.147. The average molecular weight is 329 g/mol. The fourth-order valence-electron chi connectivity index (χ4n) is 1.86. The van der Waals surface area contributed by atoms with Gasteiger partial charge in [0.05, 0.1) is 17.6 Å². The Labute approximate surface area is 129 Å². The molecule has 7 nitrogen and oxygen atoms in total. The van der Waals surface area contributed by atoms with Crippen LogP contribution in [0, 0.1) is 5.92 Å². The van der Waals surface area contributed by atoms with Crippen molar-refractivity contribution in [2.24, 2.45) is 5.92 Å². The third-order valence-electron chi connectivity index (χ3n) is 3.34. The highest BCUT2D eigenvalue weighted by Gasteiger charge is 2.31. The lowest BCUT2D eigenvalue weighted by Crippen LogP contribution is -2.45. The van der Waals surface area contributed by atoms with E-state index in [2.05, 4.69) is 9.46 Å². The van der Waals surface area contributed by atoms with Gasteiger partial charge < -0.3 is 9.84 Å². The Morgan fingerprint density at radius 3 is 2.41 bits per heavy atom. The van der Waals surface area contributed by atoms with Gasteiger partial charge in [0.2, 0.25) is 10.0 Å². The molecule has 1 rings (SSSR count). The Hall–Kier alpha value is -1.93. The molecule has 0 heterocycles. The number of rotatable bonds is 7. The number of hydrogen-bond donors (Lipinski definition) is 2. The number of methoxy groups -OCH3 is 1. The molecule has 0 amide bonds. The molecule has 0 aliphatic heterocycles. The number of esters is 1. The summed E-state index contributed by atoms with van der Waals surface area (Å²) < 4.78 is 31.5. The van der Waals surface area contributed by atoms with Gasteiger partial charge in [-0.3, -0.25) is 4.79 Å². The predicted octanol–water partition coefficient (Wildman–Crippen LogP) is 1.25. The van der Waals surface area contributed by atoms with Crippen LogP contribution in [0.1, 0.15) is 30.6 Å². The van der Waals surface area contributed by atoms with Gasteiger partial charge in [0.15, 0.2) is 0 Å². The molecule has 8 heteroatoms. The molecule has 0 spiro atoms. The summed E-state index contributed by atoms with van der Waals surface area (Å²) in [4.78, 5) is 22.6. The van der Waals surface area contributed by atoms with E-state index >= 15 is 0 Å². The molecule has 2 N–H and O–H groups in total. The zero-order valence-corrected chi connectivity index (χ0v) is 13.4. The van der Waals surface area contributed by atoms with Crippen molar-refractivity contribution in [1.29, 1.82) is 0 Å². The highest BCUT2D eigenvalue weighted by atomic mass is 32.2. The van der Waals surface area contributed by atoms with E-state index in [9.17, 15) is 23.1 Å². The predicted molar refractivity (Wildman–Crippen MR) is 79.0 cm³/mol. The van der Waals surface area contributed by atoms with Gasteiger partial charge in [-0.1, -0.05) is 32.4 Å². The van der Waals surface area contributed by atoms with Crippen molar-refractivity contribution in [2.45, 2.75) is 31.2 Å². The molecule has 0 saturated heterocycles. The topological polar surface area (TPSA) is 110 Å². The van der Waals surface area contributed by atoms with Crippen LogP contribution in [0.25, 0.3) is 0 Å². The largest absolute Gasteiger partial charge is 0.480 e. The number of aliphatic carboxylic acids is 1. The van der Waals surface area contributed by atoms with Gasteiger partial charge in [-0.25, -0.2) is 13.2 Å². The van der Waals surface area contributed by atoms with Crippen LogP contribution in [-0.2, 0) is 19.6 Å². The standard InChI is InChI=1S/C14H19NO6S/c1-4-9(2)12(13(16)17)15-22(19,20)11-8-6-5-7-10(11)14(18)21-3/h5-9,12,15H,4H2,1-3H3,(H,16,17)/t9-,12-/m0/s1. The first-order valence-electron chi connectivity index (χ1n) is 6.67. The van der Waals surface area contributed by atoms with Crippen molar-refractivity contribution < 1.29 is 27.9 Å². The lowest BCUT2D eigenvalue weighted by atomic mass is 10.0. The van der Waals surface area contributed by atoms with Crippen LogP contribution in [0.4, 0.5) is 0 Å². The normalized spacial score (nSPS) is 14.1. The van der Waals surface area contributed by atoms with E-state index in [-0.39, 0.29) is 10.5 Å². The first-order chi connectivity index (χ1) is 10.2. The van der Waals surface area contributed by atoms with Gasteiger partial charge in [-0.2, -0.15) is 4.72 Å². The summed E-state index contributed by atoms with van der Waals surface area (Å²) in [7, 11) is -3.04. The van der Waals surface area contributed by atoms with Gasteiger partial charge in [0, 0.05) is 0 Å². The van der Waals surface area contributed by atoms with Crippen LogP contribution >= 0.6 is 0 Å². The summed E-state index contributed by atoms with van der Waals surface area (Å²) in [6.07, 6.45) is 0.484. The number of carboxylic acids is 1. The summed E-state index contributed by atoms with van der Waals surface area (Å²) in [6.45, 7) is 3.39. The zero-order chi connectivity index (χ0) is 16.9. The number of sulfonamides is 1. The second kappa shape index (κ2) is 7.37. The van der Waals surface area contributed by atoms with Crippen LogP contribution in [0.3, 0.4) is 0 Å². The van der Waals surface area contributed by atoms with E-state index in [0.29, 0.717) is 6.42 Å². The summed E-state index contributed by atoms with van der Waals surface area (Å²) in [5.41, 5.74) is -0.147. The fraction of sp³-hybridized carbons (Fsp3) is 0.429. The van der Waals surface area contributed by atoms with E-state index in [1.54, 1.807) is 13.8 Å². The molecule has 2 atom stereocenters. The molecule has 1 aromatic rings. The number of carbonyl (C=O) groups is 2.